The molecule has 9 rings (SSSR count). The van der Waals surface area contributed by atoms with Gasteiger partial charge in [0.25, 0.3) is 0 Å². The van der Waals surface area contributed by atoms with E-state index in [0.717, 1.165) is 0 Å². The molecular formula is C57H54S. The van der Waals surface area contributed by atoms with Crippen LogP contribution in [-0.2, 0) is 5.41 Å². The van der Waals surface area contributed by atoms with Gasteiger partial charge in [-0.15, -0.1) is 11.3 Å². The molecule has 0 aliphatic carbocycles. The van der Waals surface area contributed by atoms with E-state index in [1.807, 2.05) is 11.3 Å². The summed E-state index contributed by atoms with van der Waals surface area (Å²) >= 11 is 1.88. The zero-order chi connectivity index (χ0) is 40.5. The molecule has 0 unspecified atom stereocenters. The predicted octanol–water partition coefficient (Wildman–Crippen LogP) is 17.7. The van der Waals surface area contributed by atoms with Crippen LogP contribution in [0.3, 0.4) is 0 Å². The van der Waals surface area contributed by atoms with Crippen LogP contribution < -0.4 is 0 Å². The van der Waals surface area contributed by atoms with E-state index in [1.54, 1.807) is 0 Å². The summed E-state index contributed by atoms with van der Waals surface area (Å²) in [6.45, 7) is 20.8. The molecule has 0 nitrogen and oxygen atoms in total. The number of benzene rings is 8. The monoisotopic (exact) mass is 770 g/mol. The highest BCUT2D eigenvalue weighted by atomic mass is 32.1. The average Bonchev–Trinajstić information content (AvgIpc) is 3.59. The second kappa shape index (κ2) is 14.7. The second-order valence-electron chi connectivity index (χ2n) is 18.4. The van der Waals surface area contributed by atoms with Crippen LogP contribution in [0.25, 0.3) is 86.2 Å². The number of thiophene rings is 1. The zero-order valence-electron chi connectivity index (χ0n) is 35.5. The smallest absolute Gasteiger partial charge is 0.0355 e. The van der Waals surface area contributed by atoms with Gasteiger partial charge in [-0.3, -0.25) is 0 Å². The topological polar surface area (TPSA) is 0 Å². The van der Waals surface area contributed by atoms with Gasteiger partial charge in [-0.2, -0.15) is 0 Å². The van der Waals surface area contributed by atoms with E-state index in [-0.39, 0.29) is 5.41 Å². The molecule has 8 aromatic carbocycles. The first-order valence-corrected chi connectivity index (χ1v) is 22.0. The Morgan fingerprint density at radius 2 is 0.828 bits per heavy atom. The quantitative estimate of drug-likeness (QED) is 0.142. The predicted molar refractivity (Wildman–Crippen MR) is 257 cm³/mol. The van der Waals surface area contributed by atoms with Crippen LogP contribution in [0, 0.1) is 0 Å². The highest BCUT2D eigenvalue weighted by Crippen LogP contribution is 2.42. The van der Waals surface area contributed by atoms with Crippen LogP contribution in [0.5, 0.6) is 0 Å². The van der Waals surface area contributed by atoms with E-state index >= 15 is 0 Å². The van der Waals surface area contributed by atoms with Crippen molar-refractivity contribution in [2.45, 2.75) is 85.5 Å². The SMILES string of the molecule is CC(C)c1cc(C(C)C)c(-c2cccc(-c3ccc4cc5cc(-c6ccc7sc8ccc(-c9ccc(C(C)(C)C)cc9)cc8c7c6)ccc5cc4c3)c2)c(C(C)C)c1. The van der Waals surface area contributed by atoms with Crippen molar-refractivity contribution in [1.29, 1.82) is 0 Å². The molecule has 0 saturated carbocycles. The molecule has 0 fully saturated rings. The van der Waals surface area contributed by atoms with Gasteiger partial charge in [-0.25, -0.2) is 0 Å². The maximum absolute atomic E-state index is 2.46. The van der Waals surface area contributed by atoms with Gasteiger partial charge in [0, 0.05) is 20.2 Å². The van der Waals surface area contributed by atoms with Gasteiger partial charge in [0.1, 0.15) is 0 Å². The third kappa shape index (κ3) is 7.05. The summed E-state index contributed by atoms with van der Waals surface area (Å²) in [4.78, 5) is 0. The van der Waals surface area contributed by atoms with Crippen molar-refractivity contribution in [3.05, 3.63) is 168 Å². The van der Waals surface area contributed by atoms with Crippen molar-refractivity contribution in [3.8, 4) is 44.5 Å². The Labute approximate surface area is 349 Å². The minimum atomic E-state index is 0.146. The Kier molecular flexibility index (Phi) is 9.65. The number of rotatable bonds is 7. The molecule has 0 spiro atoms. The van der Waals surface area contributed by atoms with E-state index in [1.165, 1.54) is 108 Å². The lowest BCUT2D eigenvalue weighted by Gasteiger charge is -2.23. The first-order chi connectivity index (χ1) is 27.8. The normalized spacial score (nSPS) is 12.3. The third-order valence-electron chi connectivity index (χ3n) is 12.3. The molecule has 1 heteroatoms. The van der Waals surface area contributed by atoms with E-state index in [0.29, 0.717) is 17.8 Å². The first-order valence-electron chi connectivity index (χ1n) is 21.1. The molecule has 58 heavy (non-hydrogen) atoms. The van der Waals surface area contributed by atoms with Gasteiger partial charge >= 0.3 is 0 Å². The van der Waals surface area contributed by atoms with Gasteiger partial charge in [-0.05, 0) is 166 Å². The lowest BCUT2D eigenvalue weighted by Crippen LogP contribution is -2.10. The second-order valence-corrected chi connectivity index (χ2v) is 19.5. The highest BCUT2D eigenvalue weighted by Gasteiger charge is 2.20. The summed E-state index contributed by atoms with van der Waals surface area (Å²) in [5.74, 6) is 1.39. The Morgan fingerprint density at radius 1 is 0.379 bits per heavy atom. The minimum Gasteiger partial charge on any atom is -0.135 e. The van der Waals surface area contributed by atoms with Crippen LogP contribution in [0.4, 0.5) is 0 Å². The molecule has 1 heterocycles. The largest absolute Gasteiger partial charge is 0.135 e. The average molecular weight is 771 g/mol. The summed E-state index contributed by atoms with van der Waals surface area (Å²) in [7, 11) is 0. The van der Waals surface area contributed by atoms with E-state index in [9.17, 15) is 0 Å². The molecule has 288 valence electrons. The summed E-state index contributed by atoms with van der Waals surface area (Å²) in [5.41, 5.74) is 16.1. The number of fused-ring (bicyclic) bond motifs is 5. The Bertz CT molecular complexity index is 2970. The summed E-state index contributed by atoms with van der Waals surface area (Å²) in [6, 6.07) is 55.9. The van der Waals surface area contributed by atoms with Gasteiger partial charge in [-0.1, -0.05) is 153 Å². The Hall–Kier alpha value is -5.50. The van der Waals surface area contributed by atoms with E-state index < -0.39 is 0 Å². The third-order valence-corrected chi connectivity index (χ3v) is 13.5. The summed E-state index contributed by atoms with van der Waals surface area (Å²) in [6.07, 6.45) is 0. The van der Waals surface area contributed by atoms with Crippen LogP contribution in [0.15, 0.2) is 146 Å². The van der Waals surface area contributed by atoms with Crippen LogP contribution in [0.2, 0.25) is 0 Å². The van der Waals surface area contributed by atoms with Crippen molar-refractivity contribution in [2.24, 2.45) is 0 Å². The fourth-order valence-electron chi connectivity index (χ4n) is 8.80. The van der Waals surface area contributed by atoms with Gasteiger partial charge < -0.3 is 0 Å². The number of hydrogen-bond acceptors (Lipinski definition) is 1. The molecule has 0 aliphatic heterocycles. The lowest BCUT2D eigenvalue weighted by atomic mass is 9.81. The molecule has 1 aromatic heterocycles. The number of hydrogen-bond donors (Lipinski definition) is 0. The Morgan fingerprint density at radius 3 is 1.33 bits per heavy atom. The summed E-state index contributed by atoms with van der Waals surface area (Å²) in [5, 5.41) is 7.72. The molecule has 0 atom stereocenters. The highest BCUT2D eigenvalue weighted by molar-refractivity contribution is 7.25. The summed E-state index contributed by atoms with van der Waals surface area (Å²) < 4.78 is 2.66. The van der Waals surface area contributed by atoms with Crippen molar-refractivity contribution >= 4 is 53.1 Å². The molecular weight excluding hydrogens is 717 g/mol. The fourth-order valence-corrected chi connectivity index (χ4v) is 9.87. The standard InChI is InChI=1S/C57H54S/c1-34(2)46-32-50(35(3)4)56(51(33-46)36(5)6)45-12-10-11-38(25-45)39-13-15-41-29-48-27-40(14-16-42(48)28-47(41)26-39)44-20-24-55-53(31-44)52-30-43(19-23-54(52)58-55)37-17-21-49(22-18-37)57(7,8)9/h10-36H,1-9H3. The van der Waals surface area contributed by atoms with Crippen molar-refractivity contribution < 1.29 is 0 Å². The van der Waals surface area contributed by atoms with Crippen LogP contribution in [0.1, 0.15) is 102 Å². The molecule has 9 aromatic rings. The van der Waals surface area contributed by atoms with Crippen molar-refractivity contribution in [2.75, 3.05) is 0 Å². The zero-order valence-corrected chi connectivity index (χ0v) is 36.3. The fraction of sp³-hybridized carbons (Fsp3) is 0.228. The lowest BCUT2D eigenvalue weighted by molar-refractivity contribution is 0.590. The molecule has 0 saturated heterocycles. The van der Waals surface area contributed by atoms with Crippen molar-refractivity contribution in [3.63, 3.8) is 0 Å². The van der Waals surface area contributed by atoms with Gasteiger partial charge in [0.15, 0.2) is 0 Å². The molecule has 0 N–H and O–H groups in total. The minimum absolute atomic E-state index is 0.146. The van der Waals surface area contributed by atoms with E-state index in [2.05, 4.69) is 208 Å². The maximum Gasteiger partial charge on any atom is 0.0355 e. The van der Waals surface area contributed by atoms with Gasteiger partial charge in [0.05, 0.1) is 0 Å². The van der Waals surface area contributed by atoms with Gasteiger partial charge in [0.2, 0.25) is 0 Å². The van der Waals surface area contributed by atoms with Crippen LogP contribution in [-0.4, -0.2) is 0 Å². The Balaban J connectivity index is 1.05. The molecule has 0 aliphatic rings. The first kappa shape index (κ1) is 38.0. The van der Waals surface area contributed by atoms with Crippen molar-refractivity contribution in [1.82, 2.24) is 0 Å². The molecule has 0 bridgehead atoms. The molecule has 0 amide bonds. The molecule has 0 radical (unpaired) electrons. The van der Waals surface area contributed by atoms with Crippen LogP contribution >= 0.6 is 11.3 Å². The van der Waals surface area contributed by atoms with E-state index in [4.69, 9.17) is 0 Å². The maximum atomic E-state index is 2.46.